The van der Waals surface area contributed by atoms with Gasteiger partial charge in [0.15, 0.2) is 0 Å². The molecule has 0 aromatic heterocycles. The van der Waals surface area contributed by atoms with Gasteiger partial charge in [-0.05, 0) is 33.6 Å². The molecule has 0 aromatic carbocycles. The van der Waals surface area contributed by atoms with Crippen molar-refractivity contribution in [3.63, 3.8) is 0 Å². The number of nitrogens with zero attached hydrogens (tertiary/aromatic N) is 3. The van der Waals surface area contributed by atoms with E-state index in [4.69, 9.17) is 0 Å². The van der Waals surface area contributed by atoms with E-state index in [1.165, 1.54) is 18.4 Å². The molecule has 114 valence electrons. The van der Waals surface area contributed by atoms with Crippen LogP contribution in [0, 0.1) is 0 Å². The topological polar surface area (TPSA) is 26.8 Å². The average molecular weight is 279 g/mol. The monoisotopic (exact) mass is 279 g/mol. The smallest absolute Gasteiger partial charge is 0.239 e. The molecule has 0 bridgehead atoms. The van der Waals surface area contributed by atoms with Crippen LogP contribution in [0.4, 0.5) is 0 Å². The van der Waals surface area contributed by atoms with Crippen molar-refractivity contribution in [3.8, 4) is 0 Å². The number of allylic oxidation sites excluding steroid dienone is 1. The lowest BCUT2D eigenvalue weighted by atomic mass is 10.2. The molecule has 1 atom stereocenters. The van der Waals surface area contributed by atoms with E-state index >= 15 is 0 Å². The van der Waals surface area contributed by atoms with Crippen LogP contribution in [-0.4, -0.2) is 72.5 Å². The van der Waals surface area contributed by atoms with Crippen molar-refractivity contribution in [2.75, 3.05) is 45.8 Å². The van der Waals surface area contributed by atoms with E-state index in [1.54, 1.807) is 0 Å². The van der Waals surface area contributed by atoms with Gasteiger partial charge in [0.05, 0.1) is 6.04 Å². The highest BCUT2D eigenvalue weighted by atomic mass is 16.2. The molecule has 0 unspecified atom stereocenters. The van der Waals surface area contributed by atoms with Crippen molar-refractivity contribution in [1.82, 2.24) is 14.7 Å². The number of amides is 1. The molecule has 0 radical (unpaired) electrons. The molecule has 1 amide bonds. The van der Waals surface area contributed by atoms with Crippen LogP contribution in [-0.2, 0) is 4.79 Å². The molecule has 2 aliphatic heterocycles. The highest BCUT2D eigenvalue weighted by Gasteiger charge is 2.29. The predicted octanol–water partition coefficient (Wildman–Crippen LogP) is 1.58. The molecule has 2 rings (SSSR count). The zero-order chi connectivity index (χ0) is 14.5. The van der Waals surface area contributed by atoms with E-state index in [-0.39, 0.29) is 6.04 Å². The second-order valence-electron chi connectivity index (χ2n) is 6.33. The number of likely N-dealkylation sites (tertiary alicyclic amines) is 1. The highest BCUT2D eigenvalue weighted by molar-refractivity contribution is 5.81. The van der Waals surface area contributed by atoms with Crippen molar-refractivity contribution >= 4 is 5.91 Å². The molecular weight excluding hydrogens is 250 g/mol. The van der Waals surface area contributed by atoms with Crippen molar-refractivity contribution < 1.29 is 4.79 Å². The molecule has 2 fully saturated rings. The SMILES string of the molecule is CC(C)=CCN1CCN([C@H](C)C(=O)N2CCCC2)CC1. The number of rotatable bonds is 4. The van der Waals surface area contributed by atoms with E-state index in [0.717, 1.165) is 45.8 Å². The van der Waals surface area contributed by atoms with Gasteiger partial charge in [-0.25, -0.2) is 0 Å². The largest absolute Gasteiger partial charge is 0.341 e. The summed E-state index contributed by atoms with van der Waals surface area (Å²) in [5.41, 5.74) is 1.38. The molecule has 0 aromatic rings. The number of hydrogen-bond acceptors (Lipinski definition) is 3. The van der Waals surface area contributed by atoms with Gasteiger partial charge in [-0.3, -0.25) is 14.6 Å². The van der Waals surface area contributed by atoms with Crippen LogP contribution < -0.4 is 0 Å². The Kier molecular flexibility index (Phi) is 5.61. The van der Waals surface area contributed by atoms with Crippen LogP contribution in [0.1, 0.15) is 33.6 Å². The van der Waals surface area contributed by atoms with Gasteiger partial charge in [0, 0.05) is 45.8 Å². The van der Waals surface area contributed by atoms with Crippen LogP contribution in [0.2, 0.25) is 0 Å². The fourth-order valence-electron chi connectivity index (χ4n) is 3.00. The van der Waals surface area contributed by atoms with E-state index in [0.29, 0.717) is 5.91 Å². The van der Waals surface area contributed by atoms with Gasteiger partial charge in [0.25, 0.3) is 0 Å². The van der Waals surface area contributed by atoms with Crippen LogP contribution in [0.3, 0.4) is 0 Å². The van der Waals surface area contributed by atoms with Crippen molar-refractivity contribution in [1.29, 1.82) is 0 Å². The minimum Gasteiger partial charge on any atom is -0.341 e. The highest BCUT2D eigenvalue weighted by Crippen LogP contribution is 2.13. The first-order valence-corrected chi connectivity index (χ1v) is 7.96. The Morgan fingerprint density at radius 2 is 1.65 bits per heavy atom. The predicted molar refractivity (Wildman–Crippen MR) is 82.7 cm³/mol. The average Bonchev–Trinajstić information content (AvgIpc) is 2.98. The molecule has 2 saturated heterocycles. The standard InChI is InChI=1S/C16H29N3O/c1-14(2)6-9-17-10-12-18(13-11-17)15(3)16(20)19-7-4-5-8-19/h6,15H,4-5,7-13H2,1-3H3/t15-/m1/s1. The molecule has 4 heteroatoms. The van der Waals surface area contributed by atoms with E-state index in [9.17, 15) is 4.79 Å². The summed E-state index contributed by atoms with van der Waals surface area (Å²) in [7, 11) is 0. The van der Waals surface area contributed by atoms with E-state index < -0.39 is 0 Å². The Morgan fingerprint density at radius 1 is 1.05 bits per heavy atom. The first-order chi connectivity index (χ1) is 9.58. The van der Waals surface area contributed by atoms with Gasteiger partial charge in [0.2, 0.25) is 5.91 Å². The molecule has 2 aliphatic rings. The third-order valence-corrected chi connectivity index (χ3v) is 4.49. The number of hydrogen-bond donors (Lipinski definition) is 0. The molecular formula is C16H29N3O. The first kappa shape index (κ1) is 15.5. The third-order valence-electron chi connectivity index (χ3n) is 4.49. The Bertz CT molecular complexity index is 349. The summed E-state index contributed by atoms with van der Waals surface area (Å²) in [5, 5.41) is 0. The maximum absolute atomic E-state index is 12.4. The lowest BCUT2D eigenvalue weighted by Crippen LogP contribution is -2.54. The second kappa shape index (κ2) is 7.23. The third kappa shape index (κ3) is 4.06. The fourth-order valence-corrected chi connectivity index (χ4v) is 3.00. The number of carbonyl (C=O) groups is 1. The zero-order valence-corrected chi connectivity index (χ0v) is 13.3. The van der Waals surface area contributed by atoms with Crippen molar-refractivity contribution in [2.45, 2.75) is 39.7 Å². The Balaban J connectivity index is 1.77. The molecule has 0 saturated carbocycles. The summed E-state index contributed by atoms with van der Waals surface area (Å²) in [6.07, 6.45) is 4.64. The van der Waals surface area contributed by atoms with E-state index in [1.807, 2.05) is 4.90 Å². The molecule has 0 spiro atoms. The summed E-state index contributed by atoms with van der Waals surface area (Å²) in [6, 6.07) is 0.0544. The summed E-state index contributed by atoms with van der Waals surface area (Å²) in [6.45, 7) is 13.5. The van der Waals surface area contributed by atoms with Crippen LogP contribution >= 0.6 is 0 Å². The Morgan fingerprint density at radius 3 is 2.20 bits per heavy atom. The molecule has 2 heterocycles. The normalized spacial score (nSPS) is 22.9. The maximum atomic E-state index is 12.4. The number of piperazine rings is 1. The minimum atomic E-state index is 0.0544. The summed E-state index contributed by atoms with van der Waals surface area (Å²) < 4.78 is 0. The van der Waals surface area contributed by atoms with Crippen LogP contribution in [0.25, 0.3) is 0 Å². The molecule has 20 heavy (non-hydrogen) atoms. The lowest BCUT2D eigenvalue weighted by Gasteiger charge is -2.38. The summed E-state index contributed by atoms with van der Waals surface area (Å²) >= 11 is 0. The van der Waals surface area contributed by atoms with Gasteiger partial charge in [0.1, 0.15) is 0 Å². The zero-order valence-electron chi connectivity index (χ0n) is 13.3. The van der Waals surface area contributed by atoms with Crippen LogP contribution in [0.5, 0.6) is 0 Å². The van der Waals surface area contributed by atoms with Gasteiger partial charge >= 0.3 is 0 Å². The maximum Gasteiger partial charge on any atom is 0.239 e. The fraction of sp³-hybridized carbons (Fsp3) is 0.812. The van der Waals surface area contributed by atoms with Gasteiger partial charge in [-0.1, -0.05) is 11.6 Å². The molecule has 0 aliphatic carbocycles. The van der Waals surface area contributed by atoms with Crippen molar-refractivity contribution in [3.05, 3.63) is 11.6 Å². The van der Waals surface area contributed by atoms with E-state index in [2.05, 4.69) is 36.6 Å². The molecule has 4 nitrogen and oxygen atoms in total. The lowest BCUT2D eigenvalue weighted by molar-refractivity contribution is -0.136. The van der Waals surface area contributed by atoms with Crippen molar-refractivity contribution in [2.24, 2.45) is 0 Å². The molecule has 0 N–H and O–H groups in total. The summed E-state index contributed by atoms with van der Waals surface area (Å²) in [5.74, 6) is 0.334. The second-order valence-corrected chi connectivity index (χ2v) is 6.33. The summed E-state index contributed by atoms with van der Waals surface area (Å²) in [4.78, 5) is 19.3. The quantitative estimate of drug-likeness (QED) is 0.731. The van der Waals surface area contributed by atoms with Gasteiger partial charge in [-0.15, -0.1) is 0 Å². The Hall–Kier alpha value is -0.870. The minimum absolute atomic E-state index is 0.0544. The number of carbonyl (C=O) groups excluding carboxylic acids is 1. The Labute approximate surface area is 123 Å². The first-order valence-electron chi connectivity index (χ1n) is 7.96. The van der Waals surface area contributed by atoms with Gasteiger partial charge in [-0.2, -0.15) is 0 Å². The van der Waals surface area contributed by atoms with Crippen LogP contribution in [0.15, 0.2) is 11.6 Å². The van der Waals surface area contributed by atoms with Gasteiger partial charge < -0.3 is 4.90 Å².